The van der Waals surface area contributed by atoms with E-state index in [4.69, 9.17) is 4.74 Å². The Kier molecular flexibility index (Phi) is 8.40. The predicted octanol–water partition coefficient (Wildman–Crippen LogP) is 7.21. The molecule has 7 heteroatoms. The number of nitrogens with one attached hydrogen (secondary N) is 1. The first kappa shape index (κ1) is 29.9. The molecule has 0 unspecified atom stereocenters. The number of allylic oxidation sites excluding steroid dienone is 2. The lowest BCUT2D eigenvalue weighted by molar-refractivity contribution is 0.0210. The van der Waals surface area contributed by atoms with E-state index in [0.717, 1.165) is 41.7 Å². The van der Waals surface area contributed by atoms with Crippen molar-refractivity contribution in [1.82, 2.24) is 10.2 Å². The van der Waals surface area contributed by atoms with Crippen LogP contribution >= 0.6 is 0 Å². The molecule has 0 spiro atoms. The van der Waals surface area contributed by atoms with Gasteiger partial charge >= 0.3 is 6.09 Å². The molecule has 2 aliphatic heterocycles. The van der Waals surface area contributed by atoms with Crippen molar-refractivity contribution < 1.29 is 17.9 Å². The lowest BCUT2D eigenvalue weighted by Gasteiger charge is -2.29. The van der Waals surface area contributed by atoms with Gasteiger partial charge in [-0.25, -0.2) is 13.2 Å². The normalized spacial score (nSPS) is 24.1. The van der Waals surface area contributed by atoms with Crippen molar-refractivity contribution in [2.24, 2.45) is 5.92 Å². The smallest absolute Gasteiger partial charge is 0.410 e. The number of carbonyl (C=O) groups is 1. The molecule has 3 aromatic rings. The third-order valence-electron chi connectivity index (χ3n) is 9.35. The Morgan fingerprint density at radius 2 is 1.63 bits per heavy atom. The molecule has 3 aromatic carbocycles. The molecule has 0 radical (unpaired) electrons. The maximum Gasteiger partial charge on any atom is 0.410 e. The fraction of sp³-hybridized carbons (Fsp3) is 0.472. The molecular formula is C36H44N2O4S. The summed E-state index contributed by atoms with van der Waals surface area (Å²) >= 11 is 0. The van der Waals surface area contributed by atoms with Crippen molar-refractivity contribution in [2.45, 2.75) is 106 Å². The first-order chi connectivity index (χ1) is 20.6. The third-order valence-corrected chi connectivity index (χ3v) is 11.6. The number of hydrogen-bond acceptors (Lipinski definition) is 5. The zero-order chi connectivity index (χ0) is 30.2. The molecule has 3 aliphatic rings. The van der Waals surface area contributed by atoms with Crippen LogP contribution in [0.15, 0.2) is 83.8 Å². The molecule has 1 N–H and O–H groups in total. The quantitative estimate of drug-likeness (QED) is 0.263. The van der Waals surface area contributed by atoms with Gasteiger partial charge in [-0.1, -0.05) is 67.1 Å². The van der Waals surface area contributed by atoms with Crippen LogP contribution < -0.4 is 5.32 Å². The molecule has 1 saturated carbocycles. The molecule has 43 heavy (non-hydrogen) atoms. The van der Waals surface area contributed by atoms with Crippen LogP contribution in [-0.4, -0.2) is 48.4 Å². The van der Waals surface area contributed by atoms with Crippen LogP contribution in [0.2, 0.25) is 0 Å². The second kappa shape index (κ2) is 12.1. The average molecular weight is 601 g/mol. The summed E-state index contributed by atoms with van der Waals surface area (Å²) in [5.41, 5.74) is 1.55. The standard InChI is InChI=1S/C36H44N2O4S/c1-36(2,3)42-35(39)38-31-21-22-32(38)34(33(31)37-24-27-15-18-28-13-6-7-14-29(28)23-27)43(40,41)30-19-16-26(17-20-30)10-5-4-9-25-11-8-12-25/h4,6-7,9,13-20,23,25,31-34,37H,5,8,10-12,21-22,24H2,1-3H3/b9-4+/t31-,32+,33-,34-/m1/s1. The second-order valence-electron chi connectivity index (χ2n) is 13.5. The summed E-state index contributed by atoms with van der Waals surface area (Å²) in [7, 11) is -3.74. The average Bonchev–Trinajstić information content (AvgIpc) is 3.51. The molecule has 2 saturated heterocycles. The van der Waals surface area contributed by atoms with Crippen LogP contribution in [0.5, 0.6) is 0 Å². The van der Waals surface area contributed by atoms with Crippen molar-refractivity contribution in [2.75, 3.05) is 0 Å². The van der Waals surface area contributed by atoms with Crippen molar-refractivity contribution in [1.29, 1.82) is 0 Å². The molecule has 1 aliphatic carbocycles. The highest BCUT2D eigenvalue weighted by Gasteiger charge is 2.60. The van der Waals surface area contributed by atoms with Crippen LogP contribution in [0.3, 0.4) is 0 Å². The van der Waals surface area contributed by atoms with Crippen LogP contribution in [-0.2, 0) is 27.5 Å². The van der Waals surface area contributed by atoms with Crippen molar-refractivity contribution in [3.05, 3.63) is 90.0 Å². The zero-order valence-electron chi connectivity index (χ0n) is 25.5. The van der Waals surface area contributed by atoms with Gasteiger partial charge < -0.3 is 10.1 Å². The second-order valence-corrected chi connectivity index (χ2v) is 15.6. The topological polar surface area (TPSA) is 75.7 Å². The Bertz CT molecular complexity index is 1590. The molecule has 4 atom stereocenters. The third kappa shape index (κ3) is 6.39. The summed E-state index contributed by atoms with van der Waals surface area (Å²) in [4.78, 5) is 15.4. The van der Waals surface area contributed by atoms with E-state index in [0.29, 0.717) is 17.9 Å². The molecule has 6 nitrogen and oxygen atoms in total. The van der Waals surface area contributed by atoms with Crippen molar-refractivity contribution in [3.63, 3.8) is 0 Å². The van der Waals surface area contributed by atoms with E-state index in [1.54, 1.807) is 17.0 Å². The minimum atomic E-state index is -3.74. The maximum absolute atomic E-state index is 14.3. The van der Waals surface area contributed by atoms with E-state index in [1.165, 1.54) is 24.6 Å². The fourth-order valence-corrected chi connectivity index (χ4v) is 9.17. The number of ether oxygens (including phenoxy) is 1. The van der Waals surface area contributed by atoms with Gasteiger partial charge in [0.1, 0.15) is 10.9 Å². The largest absolute Gasteiger partial charge is 0.444 e. The number of benzene rings is 3. The molecule has 228 valence electrons. The fourth-order valence-electron chi connectivity index (χ4n) is 6.99. The van der Waals surface area contributed by atoms with E-state index in [-0.39, 0.29) is 6.04 Å². The highest BCUT2D eigenvalue weighted by atomic mass is 32.2. The van der Waals surface area contributed by atoms with E-state index >= 15 is 0 Å². The summed E-state index contributed by atoms with van der Waals surface area (Å²) in [6, 6.07) is 20.8. The van der Waals surface area contributed by atoms with Crippen LogP contribution in [0.1, 0.15) is 70.4 Å². The first-order valence-corrected chi connectivity index (χ1v) is 17.4. The van der Waals surface area contributed by atoms with Gasteiger partial charge in [0.15, 0.2) is 9.84 Å². The summed E-state index contributed by atoms with van der Waals surface area (Å²) in [6.07, 6.45) is 11.3. The predicted molar refractivity (Wildman–Crippen MR) is 172 cm³/mol. The number of nitrogens with zero attached hydrogens (tertiary/aromatic N) is 1. The summed E-state index contributed by atoms with van der Waals surface area (Å²) in [5.74, 6) is 0.747. The highest BCUT2D eigenvalue weighted by Crippen LogP contribution is 2.44. The number of amides is 1. The van der Waals surface area contributed by atoms with Gasteiger partial charge in [0.05, 0.1) is 17.0 Å². The van der Waals surface area contributed by atoms with Crippen molar-refractivity contribution >= 4 is 26.7 Å². The van der Waals surface area contributed by atoms with Crippen LogP contribution in [0, 0.1) is 5.92 Å². The number of carbonyl (C=O) groups excluding carboxylic acids is 1. The number of aryl methyl sites for hydroxylation is 1. The lowest BCUT2D eigenvalue weighted by Crippen LogP contribution is -2.50. The van der Waals surface area contributed by atoms with Gasteiger partial charge in [-0.15, -0.1) is 0 Å². The first-order valence-electron chi connectivity index (χ1n) is 15.8. The molecular weight excluding hydrogens is 556 g/mol. The Morgan fingerprint density at radius 1 is 0.930 bits per heavy atom. The maximum atomic E-state index is 14.3. The molecule has 2 heterocycles. The van der Waals surface area contributed by atoms with Gasteiger partial charge in [-0.05, 0) is 105 Å². The number of fused-ring (bicyclic) bond motifs is 3. The summed E-state index contributed by atoms with van der Waals surface area (Å²) in [6.45, 7) is 6.05. The Hall–Kier alpha value is -3.16. The molecule has 0 aromatic heterocycles. The number of hydrogen-bond donors (Lipinski definition) is 1. The van der Waals surface area contributed by atoms with E-state index < -0.39 is 38.9 Å². The number of rotatable bonds is 9. The van der Waals surface area contributed by atoms with Gasteiger partial charge in [-0.2, -0.15) is 0 Å². The zero-order valence-corrected chi connectivity index (χ0v) is 26.4. The van der Waals surface area contributed by atoms with Gasteiger partial charge in [-0.3, -0.25) is 4.90 Å². The van der Waals surface area contributed by atoms with Gasteiger partial charge in [0, 0.05) is 12.6 Å². The summed E-state index contributed by atoms with van der Waals surface area (Å²) < 4.78 is 34.4. The van der Waals surface area contributed by atoms with Gasteiger partial charge in [0.25, 0.3) is 0 Å². The molecule has 6 rings (SSSR count). The monoisotopic (exact) mass is 600 g/mol. The Balaban J connectivity index is 1.23. The minimum absolute atomic E-state index is 0.248. The summed E-state index contributed by atoms with van der Waals surface area (Å²) in [5, 5.41) is 5.16. The highest BCUT2D eigenvalue weighted by molar-refractivity contribution is 7.92. The Labute approximate surface area is 256 Å². The lowest BCUT2D eigenvalue weighted by atomic mass is 9.85. The van der Waals surface area contributed by atoms with E-state index in [2.05, 4.69) is 47.8 Å². The SMILES string of the molecule is CC(C)(C)OC(=O)N1[C@@H]2CC[C@H]1[C@@H](S(=O)(=O)c1ccc(CC/C=C/C3CCC3)cc1)[C@@H]2NCc1ccc2ccccc2c1. The molecule has 2 bridgehead atoms. The van der Waals surface area contributed by atoms with Crippen LogP contribution in [0.4, 0.5) is 4.79 Å². The molecule has 1 amide bonds. The van der Waals surface area contributed by atoms with Crippen LogP contribution in [0.25, 0.3) is 10.8 Å². The number of sulfone groups is 1. The van der Waals surface area contributed by atoms with E-state index in [9.17, 15) is 13.2 Å². The van der Waals surface area contributed by atoms with Crippen molar-refractivity contribution in [3.8, 4) is 0 Å². The molecule has 3 fully saturated rings. The Morgan fingerprint density at radius 3 is 2.33 bits per heavy atom. The minimum Gasteiger partial charge on any atom is -0.444 e. The van der Waals surface area contributed by atoms with E-state index in [1.807, 2.05) is 45.0 Å². The van der Waals surface area contributed by atoms with Gasteiger partial charge in [0.2, 0.25) is 0 Å².